The van der Waals surface area contributed by atoms with Crippen LogP contribution in [0.15, 0.2) is 36.1 Å². The summed E-state index contributed by atoms with van der Waals surface area (Å²) in [6.07, 6.45) is 3.28. The predicted octanol–water partition coefficient (Wildman–Crippen LogP) is 2.63. The Bertz CT molecular complexity index is 326. The normalized spacial score (nSPS) is 21.0. The molecule has 0 saturated heterocycles. The molecule has 0 fully saturated rings. The van der Waals surface area contributed by atoms with Crippen molar-refractivity contribution in [1.29, 1.82) is 0 Å². The van der Waals surface area contributed by atoms with Crippen molar-refractivity contribution in [1.82, 2.24) is 0 Å². The summed E-state index contributed by atoms with van der Waals surface area (Å²) in [7, 11) is 0. The molecule has 2 heteroatoms. The Kier molecular flexibility index (Phi) is 1.97. The van der Waals surface area contributed by atoms with Crippen LogP contribution >= 0.6 is 0 Å². The second-order valence-corrected chi connectivity index (χ2v) is 3.32. The molecule has 1 aliphatic rings. The van der Waals surface area contributed by atoms with Gasteiger partial charge in [0.1, 0.15) is 6.10 Å². The van der Waals surface area contributed by atoms with Crippen LogP contribution in [0.5, 0.6) is 0 Å². The minimum atomic E-state index is 0.195. The highest BCUT2D eigenvalue weighted by atomic mass is 16.5. The van der Waals surface area contributed by atoms with Gasteiger partial charge < -0.3 is 10.5 Å². The molecule has 13 heavy (non-hydrogen) atoms. The van der Waals surface area contributed by atoms with E-state index in [2.05, 4.69) is 6.08 Å². The van der Waals surface area contributed by atoms with Crippen molar-refractivity contribution in [3.05, 3.63) is 41.7 Å². The molecule has 0 unspecified atom stereocenters. The molecule has 2 N–H and O–H groups in total. The van der Waals surface area contributed by atoms with Gasteiger partial charge in [-0.3, -0.25) is 0 Å². The van der Waals surface area contributed by atoms with Crippen LogP contribution in [0.1, 0.15) is 25.0 Å². The molecule has 0 aliphatic carbocycles. The van der Waals surface area contributed by atoms with E-state index in [1.807, 2.05) is 31.2 Å². The smallest absolute Gasteiger partial charge is 0.127 e. The molecule has 0 radical (unpaired) electrons. The molecular weight excluding hydrogens is 162 g/mol. The maximum absolute atomic E-state index is 5.61. The van der Waals surface area contributed by atoms with Gasteiger partial charge in [0.15, 0.2) is 0 Å². The molecule has 0 amide bonds. The molecule has 2 nitrogen and oxygen atoms in total. The zero-order valence-corrected chi connectivity index (χ0v) is 7.66. The Morgan fingerprint density at radius 3 is 2.54 bits per heavy atom. The van der Waals surface area contributed by atoms with E-state index in [9.17, 15) is 0 Å². The predicted molar refractivity (Wildman–Crippen MR) is 53.1 cm³/mol. The summed E-state index contributed by atoms with van der Waals surface area (Å²) in [6, 6.07) is 7.86. The Hall–Kier alpha value is -1.44. The Morgan fingerprint density at radius 2 is 2.00 bits per heavy atom. The maximum atomic E-state index is 5.61. The molecule has 0 spiro atoms. The van der Waals surface area contributed by atoms with Gasteiger partial charge in [-0.05, 0) is 30.7 Å². The van der Waals surface area contributed by atoms with Crippen LogP contribution < -0.4 is 5.73 Å². The first-order chi connectivity index (χ1) is 6.25. The first-order valence-corrected chi connectivity index (χ1v) is 4.44. The molecule has 0 aromatic heterocycles. The highest BCUT2D eigenvalue weighted by Gasteiger charge is 2.16. The van der Waals surface area contributed by atoms with E-state index < -0.39 is 0 Å². The molecule has 2 rings (SSSR count). The van der Waals surface area contributed by atoms with Gasteiger partial charge in [-0.25, -0.2) is 0 Å². The second-order valence-electron chi connectivity index (χ2n) is 3.32. The maximum Gasteiger partial charge on any atom is 0.127 e. The van der Waals surface area contributed by atoms with E-state index >= 15 is 0 Å². The number of rotatable bonds is 1. The number of benzene rings is 1. The van der Waals surface area contributed by atoms with E-state index in [1.54, 1.807) is 0 Å². The number of hydrogen-bond donors (Lipinski definition) is 1. The van der Waals surface area contributed by atoms with Crippen molar-refractivity contribution >= 4 is 5.69 Å². The van der Waals surface area contributed by atoms with E-state index in [1.165, 1.54) is 5.56 Å². The van der Waals surface area contributed by atoms with Gasteiger partial charge in [-0.15, -0.1) is 0 Å². The third-order valence-corrected chi connectivity index (χ3v) is 2.26. The van der Waals surface area contributed by atoms with E-state index in [4.69, 9.17) is 10.5 Å². The number of nitrogen functional groups attached to an aromatic ring is 1. The molecule has 1 heterocycles. The Morgan fingerprint density at radius 1 is 1.31 bits per heavy atom. The summed E-state index contributed by atoms with van der Waals surface area (Å²) in [5.41, 5.74) is 7.59. The quantitative estimate of drug-likeness (QED) is 0.666. The third-order valence-electron chi connectivity index (χ3n) is 2.26. The summed E-state index contributed by atoms with van der Waals surface area (Å²) in [4.78, 5) is 0. The Balaban J connectivity index is 2.14. The van der Waals surface area contributed by atoms with E-state index in [0.29, 0.717) is 0 Å². The van der Waals surface area contributed by atoms with Crippen molar-refractivity contribution in [2.24, 2.45) is 0 Å². The molecule has 1 aliphatic heterocycles. The average molecular weight is 175 g/mol. The number of hydrogen-bond acceptors (Lipinski definition) is 2. The molecule has 0 bridgehead atoms. The van der Waals surface area contributed by atoms with E-state index in [-0.39, 0.29) is 6.10 Å². The van der Waals surface area contributed by atoms with Gasteiger partial charge in [0.25, 0.3) is 0 Å². The van der Waals surface area contributed by atoms with Gasteiger partial charge in [-0.2, -0.15) is 0 Å². The van der Waals surface area contributed by atoms with Gasteiger partial charge in [-0.1, -0.05) is 12.1 Å². The monoisotopic (exact) mass is 175 g/mol. The first-order valence-electron chi connectivity index (χ1n) is 4.44. The summed E-state index contributed by atoms with van der Waals surface area (Å²) in [6.45, 7) is 1.98. The van der Waals surface area contributed by atoms with Gasteiger partial charge >= 0.3 is 0 Å². The molecule has 1 atom stereocenters. The van der Waals surface area contributed by atoms with Crippen molar-refractivity contribution < 1.29 is 4.74 Å². The highest BCUT2D eigenvalue weighted by molar-refractivity contribution is 5.40. The zero-order chi connectivity index (χ0) is 9.26. The van der Waals surface area contributed by atoms with Crippen LogP contribution in [-0.4, -0.2) is 0 Å². The standard InChI is InChI=1S/C11H13NO/c1-8-2-7-11(13-8)9-3-5-10(12)6-4-9/h2-6,11H,7,12H2,1H3/t11-/m0/s1. The summed E-state index contributed by atoms with van der Waals surface area (Å²) < 4.78 is 5.61. The average Bonchev–Trinajstić information content (AvgIpc) is 2.53. The number of anilines is 1. The number of allylic oxidation sites excluding steroid dienone is 1. The number of ether oxygens (including phenoxy) is 1. The number of nitrogens with two attached hydrogens (primary N) is 1. The lowest BCUT2D eigenvalue weighted by Crippen LogP contribution is -1.96. The molecular formula is C11H13NO. The second kappa shape index (κ2) is 3.13. The Labute approximate surface area is 78.0 Å². The lowest BCUT2D eigenvalue weighted by atomic mass is 10.1. The minimum absolute atomic E-state index is 0.195. The van der Waals surface area contributed by atoms with Crippen molar-refractivity contribution in [2.45, 2.75) is 19.4 Å². The van der Waals surface area contributed by atoms with Crippen molar-refractivity contribution in [3.63, 3.8) is 0 Å². The minimum Gasteiger partial charge on any atom is -0.490 e. The lowest BCUT2D eigenvalue weighted by molar-refractivity contribution is 0.147. The zero-order valence-electron chi connectivity index (χ0n) is 7.66. The molecule has 0 saturated carbocycles. The largest absolute Gasteiger partial charge is 0.490 e. The van der Waals surface area contributed by atoms with Crippen LogP contribution in [0.4, 0.5) is 5.69 Å². The van der Waals surface area contributed by atoms with Gasteiger partial charge in [0, 0.05) is 12.1 Å². The summed E-state index contributed by atoms with van der Waals surface area (Å²) >= 11 is 0. The van der Waals surface area contributed by atoms with Crippen molar-refractivity contribution in [2.75, 3.05) is 5.73 Å². The molecule has 1 aromatic carbocycles. The fourth-order valence-corrected chi connectivity index (χ4v) is 1.51. The van der Waals surface area contributed by atoms with Crippen molar-refractivity contribution in [3.8, 4) is 0 Å². The fraction of sp³-hybridized carbons (Fsp3) is 0.273. The SMILES string of the molecule is CC1=CC[C@@H](c2ccc(N)cc2)O1. The van der Waals surface area contributed by atoms with E-state index in [0.717, 1.165) is 17.9 Å². The van der Waals surface area contributed by atoms with Crippen LogP contribution in [0.2, 0.25) is 0 Å². The fourth-order valence-electron chi connectivity index (χ4n) is 1.51. The van der Waals surface area contributed by atoms with Gasteiger partial charge in [0.2, 0.25) is 0 Å². The summed E-state index contributed by atoms with van der Waals surface area (Å²) in [5.74, 6) is 1.02. The third kappa shape index (κ3) is 1.66. The van der Waals surface area contributed by atoms with Gasteiger partial charge in [0.05, 0.1) is 5.76 Å². The van der Waals surface area contributed by atoms with Crippen LogP contribution in [0.3, 0.4) is 0 Å². The first kappa shape index (κ1) is 8.17. The summed E-state index contributed by atoms with van der Waals surface area (Å²) in [5, 5.41) is 0. The molecule has 1 aromatic rings. The molecule has 68 valence electrons. The van der Waals surface area contributed by atoms with Crippen LogP contribution in [-0.2, 0) is 4.74 Å². The topological polar surface area (TPSA) is 35.2 Å². The lowest BCUT2D eigenvalue weighted by Gasteiger charge is -2.11. The van der Waals surface area contributed by atoms with Crippen LogP contribution in [0, 0.1) is 0 Å². The van der Waals surface area contributed by atoms with Crippen LogP contribution in [0.25, 0.3) is 0 Å². The highest BCUT2D eigenvalue weighted by Crippen LogP contribution is 2.30.